The van der Waals surface area contributed by atoms with Crippen molar-refractivity contribution in [2.75, 3.05) is 7.11 Å². The Labute approximate surface area is 97.8 Å². The van der Waals surface area contributed by atoms with Crippen LogP contribution in [0.15, 0.2) is 10.5 Å². The minimum Gasteiger partial charge on any atom is -0.495 e. The van der Waals surface area contributed by atoms with Crippen molar-refractivity contribution in [1.29, 1.82) is 0 Å². The maximum absolute atomic E-state index is 11.8. The summed E-state index contributed by atoms with van der Waals surface area (Å²) in [6.45, 7) is 3.93. The number of halogens is 1. The van der Waals surface area contributed by atoms with Crippen LogP contribution in [0.4, 0.5) is 0 Å². The maximum atomic E-state index is 11.8. The molecule has 0 fully saturated rings. The molecule has 0 radical (unpaired) electrons. The summed E-state index contributed by atoms with van der Waals surface area (Å²) < 4.78 is 6.26. The molecule has 1 aromatic carbocycles. The second-order valence-electron chi connectivity index (χ2n) is 4.04. The lowest BCUT2D eigenvalue weighted by molar-refractivity contribution is 0.0946. The molecule has 0 heterocycles. The zero-order chi connectivity index (χ0) is 11.2. The number of benzene rings is 1. The van der Waals surface area contributed by atoms with Crippen LogP contribution in [0.1, 0.15) is 28.4 Å². The van der Waals surface area contributed by atoms with E-state index in [0.717, 1.165) is 33.3 Å². The smallest absolute Gasteiger partial charge is 0.166 e. The fourth-order valence-electron chi connectivity index (χ4n) is 2.13. The van der Waals surface area contributed by atoms with E-state index in [2.05, 4.69) is 15.9 Å². The Hall–Kier alpha value is -0.830. The zero-order valence-corrected chi connectivity index (χ0v) is 10.6. The number of hydrogen-bond donors (Lipinski definition) is 0. The van der Waals surface area contributed by atoms with Crippen molar-refractivity contribution in [2.45, 2.75) is 20.3 Å². The number of carbonyl (C=O) groups is 1. The SMILES string of the molecule is COc1c(C)cc2c(c1Br)CC(C)C2=O. The van der Waals surface area contributed by atoms with Gasteiger partial charge in [-0.2, -0.15) is 0 Å². The Morgan fingerprint density at radius 1 is 1.53 bits per heavy atom. The molecule has 0 saturated heterocycles. The molecule has 2 nitrogen and oxygen atoms in total. The topological polar surface area (TPSA) is 26.3 Å². The van der Waals surface area contributed by atoms with Crippen LogP contribution in [0.2, 0.25) is 0 Å². The molecular weight excluding hydrogens is 256 g/mol. The number of aryl methyl sites for hydroxylation is 1. The first-order chi connectivity index (χ1) is 7.06. The standard InChI is InChI=1S/C12H13BrO2/c1-6-4-8-9(11(6)14)5-7(2)12(15-3)10(8)13/h5-6H,4H2,1-3H3. The van der Waals surface area contributed by atoms with Crippen LogP contribution in [0.3, 0.4) is 0 Å². The van der Waals surface area contributed by atoms with Crippen molar-refractivity contribution in [3.05, 3.63) is 27.2 Å². The van der Waals surface area contributed by atoms with Crippen molar-refractivity contribution in [3.63, 3.8) is 0 Å². The number of Topliss-reactive ketones (excluding diaryl/α,β-unsaturated/α-hetero) is 1. The number of hydrogen-bond acceptors (Lipinski definition) is 2. The Kier molecular flexibility index (Phi) is 2.59. The summed E-state index contributed by atoms with van der Waals surface area (Å²) in [7, 11) is 1.65. The maximum Gasteiger partial charge on any atom is 0.166 e. The van der Waals surface area contributed by atoms with Crippen LogP contribution in [0, 0.1) is 12.8 Å². The molecule has 1 unspecified atom stereocenters. The third-order valence-electron chi connectivity index (χ3n) is 2.94. The summed E-state index contributed by atoms with van der Waals surface area (Å²) >= 11 is 3.52. The highest BCUT2D eigenvalue weighted by atomic mass is 79.9. The summed E-state index contributed by atoms with van der Waals surface area (Å²) in [6.07, 6.45) is 0.811. The van der Waals surface area contributed by atoms with E-state index in [1.807, 2.05) is 19.9 Å². The van der Waals surface area contributed by atoms with E-state index in [9.17, 15) is 4.79 Å². The Balaban J connectivity index is 2.66. The number of carbonyl (C=O) groups excluding carboxylic acids is 1. The number of methoxy groups -OCH3 is 1. The monoisotopic (exact) mass is 268 g/mol. The Morgan fingerprint density at radius 3 is 2.80 bits per heavy atom. The van der Waals surface area contributed by atoms with E-state index >= 15 is 0 Å². The molecule has 2 rings (SSSR count). The lowest BCUT2D eigenvalue weighted by Crippen LogP contribution is -2.03. The molecule has 0 saturated carbocycles. The molecule has 0 aliphatic heterocycles. The van der Waals surface area contributed by atoms with Crippen LogP contribution in [0.25, 0.3) is 0 Å². The van der Waals surface area contributed by atoms with Crippen molar-refractivity contribution < 1.29 is 9.53 Å². The molecule has 0 spiro atoms. The Morgan fingerprint density at radius 2 is 2.20 bits per heavy atom. The van der Waals surface area contributed by atoms with Gasteiger partial charge in [-0.15, -0.1) is 0 Å². The number of fused-ring (bicyclic) bond motifs is 1. The molecule has 15 heavy (non-hydrogen) atoms. The van der Waals surface area contributed by atoms with E-state index in [4.69, 9.17) is 4.74 Å². The van der Waals surface area contributed by atoms with Gasteiger partial charge in [-0.1, -0.05) is 6.92 Å². The highest BCUT2D eigenvalue weighted by Crippen LogP contribution is 2.40. The largest absolute Gasteiger partial charge is 0.495 e. The molecule has 0 bridgehead atoms. The molecule has 80 valence electrons. The summed E-state index contributed by atoms with van der Waals surface area (Å²) in [5.74, 6) is 1.19. The molecule has 0 N–H and O–H groups in total. The summed E-state index contributed by atoms with van der Waals surface area (Å²) in [5, 5.41) is 0. The van der Waals surface area contributed by atoms with Gasteiger partial charge in [0.15, 0.2) is 5.78 Å². The average molecular weight is 269 g/mol. The lowest BCUT2D eigenvalue weighted by Gasteiger charge is -2.10. The van der Waals surface area contributed by atoms with Crippen LogP contribution in [-0.2, 0) is 6.42 Å². The van der Waals surface area contributed by atoms with Crippen molar-refractivity contribution in [3.8, 4) is 5.75 Å². The van der Waals surface area contributed by atoms with Crippen molar-refractivity contribution in [1.82, 2.24) is 0 Å². The predicted octanol–water partition coefficient (Wildman–Crippen LogP) is 3.14. The van der Waals surface area contributed by atoms with Gasteiger partial charge in [0.1, 0.15) is 5.75 Å². The minimum atomic E-state index is 0.0998. The van der Waals surface area contributed by atoms with Gasteiger partial charge in [-0.05, 0) is 46.5 Å². The van der Waals surface area contributed by atoms with E-state index in [-0.39, 0.29) is 11.7 Å². The molecule has 1 aliphatic rings. The minimum absolute atomic E-state index is 0.0998. The quantitative estimate of drug-likeness (QED) is 0.782. The van der Waals surface area contributed by atoms with Gasteiger partial charge in [-0.25, -0.2) is 0 Å². The van der Waals surface area contributed by atoms with Gasteiger partial charge < -0.3 is 4.74 Å². The molecule has 1 aromatic rings. The zero-order valence-electron chi connectivity index (χ0n) is 9.06. The highest BCUT2D eigenvalue weighted by Gasteiger charge is 2.30. The van der Waals surface area contributed by atoms with Gasteiger partial charge in [0.2, 0.25) is 0 Å². The molecule has 1 atom stereocenters. The van der Waals surface area contributed by atoms with Gasteiger partial charge in [0, 0.05) is 11.5 Å². The van der Waals surface area contributed by atoms with E-state index in [1.54, 1.807) is 7.11 Å². The number of ether oxygens (including phenoxy) is 1. The normalized spacial score (nSPS) is 19.2. The number of rotatable bonds is 1. The second kappa shape index (κ2) is 3.63. The fourth-order valence-corrected chi connectivity index (χ4v) is 2.98. The lowest BCUT2D eigenvalue weighted by atomic mass is 10.1. The van der Waals surface area contributed by atoms with Gasteiger partial charge in [0.05, 0.1) is 11.6 Å². The molecule has 0 amide bonds. The molecule has 1 aliphatic carbocycles. The van der Waals surface area contributed by atoms with Crippen LogP contribution in [-0.4, -0.2) is 12.9 Å². The van der Waals surface area contributed by atoms with E-state index in [0.29, 0.717) is 0 Å². The first-order valence-electron chi connectivity index (χ1n) is 4.96. The van der Waals surface area contributed by atoms with Crippen LogP contribution >= 0.6 is 15.9 Å². The molecule has 0 aromatic heterocycles. The number of ketones is 1. The van der Waals surface area contributed by atoms with E-state index < -0.39 is 0 Å². The second-order valence-corrected chi connectivity index (χ2v) is 4.83. The van der Waals surface area contributed by atoms with Crippen LogP contribution < -0.4 is 4.74 Å². The third-order valence-corrected chi connectivity index (χ3v) is 3.77. The summed E-state index contributed by atoms with van der Waals surface area (Å²) in [6, 6.07) is 1.94. The first-order valence-corrected chi connectivity index (χ1v) is 5.75. The summed E-state index contributed by atoms with van der Waals surface area (Å²) in [5.41, 5.74) is 2.95. The predicted molar refractivity (Wildman–Crippen MR) is 62.6 cm³/mol. The Bertz CT molecular complexity index is 438. The van der Waals surface area contributed by atoms with Gasteiger partial charge in [-0.3, -0.25) is 4.79 Å². The van der Waals surface area contributed by atoms with Crippen LogP contribution in [0.5, 0.6) is 5.75 Å². The highest BCUT2D eigenvalue weighted by molar-refractivity contribution is 9.10. The summed E-state index contributed by atoms with van der Waals surface area (Å²) in [4.78, 5) is 11.8. The average Bonchev–Trinajstić information content (AvgIpc) is 2.46. The fraction of sp³-hybridized carbons (Fsp3) is 0.417. The van der Waals surface area contributed by atoms with Gasteiger partial charge >= 0.3 is 0 Å². The molecule has 3 heteroatoms. The molecular formula is C12H13BrO2. The first kappa shape index (κ1) is 10.7. The van der Waals surface area contributed by atoms with Crippen molar-refractivity contribution in [2.24, 2.45) is 5.92 Å². The third kappa shape index (κ3) is 1.49. The van der Waals surface area contributed by atoms with Crippen molar-refractivity contribution >= 4 is 21.7 Å². The van der Waals surface area contributed by atoms with E-state index in [1.165, 1.54) is 0 Å². The van der Waals surface area contributed by atoms with Gasteiger partial charge in [0.25, 0.3) is 0 Å².